The van der Waals surface area contributed by atoms with E-state index in [0.29, 0.717) is 24.6 Å². The third kappa shape index (κ3) is 3.93. The van der Waals surface area contributed by atoms with Crippen LogP contribution in [0.15, 0.2) is 59.3 Å². The molecule has 8 nitrogen and oxygen atoms in total. The highest BCUT2D eigenvalue weighted by atomic mass is 79.9. The molecule has 0 radical (unpaired) electrons. The minimum atomic E-state index is -0.0417. The van der Waals surface area contributed by atoms with Crippen LogP contribution >= 0.6 is 15.9 Å². The first-order valence-electron chi connectivity index (χ1n) is 10.9. The summed E-state index contributed by atoms with van der Waals surface area (Å²) in [6.45, 7) is 1.36. The molecule has 33 heavy (non-hydrogen) atoms. The molecule has 5 rings (SSSR count). The number of likely N-dealkylation sites (tertiary alicyclic amines) is 1. The highest BCUT2D eigenvalue weighted by Crippen LogP contribution is 2.37. The average molecular weight is 506 g/mol. The van der Waals surface area contributed by atoms with Gasteiger partial charge < -0.3 is 16.0 Å². The molecule has 3 N–H and O–H groups in total. The summed E-state index contributed by atoms with van der Waals surface area (Å²) >= 11 is 3.64. The smallest absolute Gasteiger partial charge is 0.317 e. The van der Waals surface area contributed by atoms with E-state index in [4.69, 9.17) is 10.7 Å². The minimum Gasteiger partial charge on any atom is -0.383 e. The number of carbonyl (C=O) groups excluding carboxylic acids is 1. The number of benzene rings is 1. The molecule has 4 heterocycles. The lowest BCUT2D eigenvalue weighted by atomic mass is 9.93. The topological polar surface area (TPSA) is 101 Å². The van der Waals surface area contributed by atoms with Gasteiger partial charge in [0.15, 0.2) is 5.65 Å². The van der Waals surface area contributed by atoms with Crippen LogP contribution in [0, 0.1) is 0 Å². The zero-order chi connectivity index (χ0) is 22.9. The van der Waals surface area contributed by atoms with E-state index in [-0.39, 0.29) is 11.9 Å². The molecule has 1 aliphatic heterocycles. The Bertz CT molecular complexity index is 1300. The standard InChI is InChI=1S/C24H24BrN7O/c1-27-24(33)31-11-9-16(10-12-31)21-20(25)22(26)32-23(30-21)18(14-29-32)17-7-8-19(28-13-17)15-5-3-2-4-6-15/h2-8,13-14,16H,9-12,26H2,1H3,(H,27,33). The summed E-state index contributed by atoms with van der Waals surface area (Å²) in [5.41, 5.74) is 11.8. The maximum absolute atomic E-state index is 11.9. The summed E-state index contributed by atoms with van der Waals surface area (Å²) in [5.74, 6) is 0.720. The highest BCUT2D eigenvalue weighted by Gasteiger charge is 2.28. The van der Waals surface area contributed by atoms with Crippen molar-refractivity contribution in [1.82, 2.24) is 29.8 Å². The third-order valence-electron chi connectivity index (χ3n) is 6.17. The number of nitrogens with two attached hydrogens (primary N) is 1. The van der Waals surface area contributed by atoms with E-state index in [1.165, 1.54) is 0 Å². The van der Waals surface area contributed by atoms with E-state index in [1.54, 1.807) is 17.8 Å². The number of hydrogen-bond donors (Lipinski definition) is 2. The Kier molecular flexibility index (Phi) is 5.72. The SMILES string of the molecule is CNC(=O)N1CCC(c2nc3c(-c4ccc(-c5ccccc5)nc4)cnn3c(N)c2Br)CC1. The van der Waals surface area contributed by atoms with E-state index in [0.717, 1.165) is 45.4 Å². The molecule has 0 aliphatic carbocycles. The van der Waals surface area contributed by atoms with Gasteiger partial charge in [0, 0.05) is 48.9 Å². The van der Waals surface area contributed by atoms with E-state index in [1.807, 2.05) is 53.6 Å². The Balaban J connectivity index is 1.48. The van der Waals surface area contributed by atoms with Gasteiger partial charge in [-0.05, 0) is 34.8 Å². The molecular formula is C24H24BrN7O. The van der Waals surface area contributed by atoms with Gasteiger partial charge in [-0.25, -0.2) is 9.78 Å². The van der Waals surface area contributed by atoms with Gasteiger partial charge >= 0.3 is 6.03 Å². The second-order valence-electron chi connectivity index (χ2n) is 8.10. The van der Waals surface area contributed by atoms with Gasteiger partial charge in [-0.15, -0.1) is 0 Å². The average Bonchev–Trinajstić information content (AvgIpc) is 3.30. The summed E-state index contributed by atoms with van der Waals surface area (Å²) < 4.78 is 2.42. The Hall–Kier alpha value is -3.46. The third-order valence-corrected chi connectivity index (χ3v) is 6.99. The number of piperidine rings is 1. The number of carbonyl (C=O) groups is 1. The summed E-state index contributed by atoms with van der Waals surface area (Å²) in [6.07, 6.45) is 5.28. The Morgan fingerprint density at radius 2 is 1.85 bits per heavy atom. The van der Waals surface area contributed by atoms with Crippen molar-refractivity contribution in [3.63, 3.8) is 0 Å². The zero-order valence-electron chi connectivity index (χ0n) is 18.2. The quantitative estimate of drug-likeness (QED) is 0.431. The lowest BCUT2D eigenvalue weighted by Crippen LogP contribution is -2.42. The summed E-state index contributed by atoms with van der Waals surface area (Å²) in [5, 5.41) is 7.17. The van der Waals surface area contributed by atoms with Crippen LogP contribution in [-0.4, -0.2) is 50.7 Å². The molecule has 0 unspecified atom stereocenters. The molecule has 1 fully saturated rings. The van der Waals surface area contributed by atoms with Crippen LogP contribution in [0.25, 0.3) is 28.0 Å². The van der Waals surface area contributed by atoms with E-state index < -0.39 is 0 Å². The first-order valence-corrected chi connectivity index (χ1v) is 11.7. The number of nitrogens with zero attached hydrogens (tertiary/aromatic N) is 5. The molecule has 1 aliphatic rings. The molecule has 0 spiro atoms. The second-order valence-corrected chi connectivity index (χ2v) is 8.90. The van der Waals surface area contributed by atoms with Gasteiger partial charge in [0.1, 0.15) is 5.82 Å². The number of amides is 2. The van der Waals surface area contributed by atoms with Crippen molar-refractivity contribution in [2.24, 2.45) is 0 Å². The predicted molar refractivity (Wildman–Crippen MR) is 132 cm³/mol. The second kappa shape index (κ2) is 8.82. The number of nitrogens with one attached hydrogen (secondary N) is 1. The van der Waals surface area contributed by atoms with Gasteiger partial charge in [0.05, 0.1) is 22.1 Å². The van der Waals surface area contributed by atoms with Crippen molar-refractivity contribution >= 4 is 33.4 Å². The number of anilines is 1. The molecule has 0 bridgehead atoms. The van der Waals surface area contributed by atoms with Crippen molar-refractivity contribution in [2.45, 2.75) is 18.8 Å². The Morgan fingerprint density at radius 3 is 2.52 bits per heavy atom. The van der Waals surface area contributed by atoms with Crippen molar-refractivity contribution in [3.8, 4) is 22.4 Å². The summed E-state index contributed by atoms with van der Waals surface area (Å²) in [7, 11) is 1.66. The molecular weight excluding hydrogens is 482 g/mol. The lowest BCUT2D eigenvalue weighted by molar-refractivity contribution is 0.183. The van der Waals surface area contributed by atoms with Crippen molar-refractivity contribution in [3.05, 3.63) is 65.0 Å². The van der Waals surface area contributed by atoms with Crippen LogP contribution in [0.2, 0.25) is 0 Å². The number of halogens is 1. The number of hydrogen-bond acceptors (Lipinski definition) is 5. The number of pyridine rings is 1. The maximum atomic E-state index is 11.9. The molecule has 0 atom stereocenters. The number of urea groups is 1. The molecule has 1 aromatic carbocycles. The fourth-order valence-corrected chi connectivity index (χ4v) is 4.91. The summed E-state index contributed by atoms with van der Waals surface area (Å²) in [6, 6.07) is 14.1. The minimum absolute atomic E-state index is 0.0417. The van der Waals surface area contributed by atoms with E-state index in [2.05, 4.69) is 31.3 Å². The molecule has 2 amide bonds. The lowest BCUT2D eigenvalue weighted by Gasteiger charge is -2.31. The number of aromatic nitrogens is 4. The number of fused-ring (bicyclic) bond motifs is 1. The number of nitrogen functional groups attached to an aromatic ring is 1. The van der Waals surface area contributed by atoms with Crippen molar-refractivity contribution in [2.75, 3.05) is 25.9 Å². The fourth-order valence-electron chi connectivity index (χ4n) is 4.33. The van der Waals surface area contributed by atoms with Gasteiger partial charge in [-0.2, -0.15) is 9.61 Å². The molecule has 168 valence electrons. The van der Waals surface area contributed by atoms with Crippen LogP contribution in [0.5, 0.6) is 0 Å². The van der Waals surface area contributed by atoms with Crippen LogP contribution in [-0.2, 0) is 0 Å². The molecule has 0 saturated carbocycles. The summed E-state index contributed by atoms with van der Waals surface area (Å²) in [4.78, 5) is 23.4. The molecule has 9 heteroatoms. The Labute approximate surface area is 200 Å². The van der Waals surface area contributed by atoms with Crippen molar-refractivity contribution in [1.29, 1.82) is 0 Å². The maximum Gasteiger partial charge on any atom is 0.317 e. The van der Waals surface area contributed by atoms with Crippen LogP contribution in [0.4, 0.5) is 10.6 Å². The fraction of sp³-hybridized carbons (Fsp3) is 0.250. The van der Waals surface area contributed by atoms with Crippen LogP contribution in [0.3, 0.4) is 0 Å². The van der Waals surface area contributed by atoms with Crippen LogP contribution in [0.1, 0.15) is 24.5 Å². The Morgan fingerprint density at radius 1 is 1.09 bits per heavy atom. The van der Waals surface area contributed by atoms with Gasteiger partial charge in [-0.1, -0.05) is 36.4 Å². The monoisotopic (exact) mass is 505 g/mol. The van der Waals surface area contributed by atoms with E-state index in [9.17, 15) is 4.79 Å². The van der Waals surface area contributed by atoms with Gasteiger partial charge in [0.2, 0.25) is 0 Å². The zero-order valence-corrected chi connectivity index (χ0v) is 19.8. The first-order chi connectivity index (χ1) is 16.1. The molecule has 3 aromatic heterocycles. The largest absolute Gasteiger partial charge is 0.383 e. The molecule has 1 saturated heterocycles. The highest BCUT2D eigenvalue weighted by molar-refractivity contribution is 9.10. The van der Waals surface area contributed by atoms with E-state index >= 15 is 0 Å². The van der Waals surface area contributed by atoms with Crippen molar-refractivity contribution < 1.29 is 4.79 Å². The first kappa shape index (κ1) is 21.4. The van der Waals surface area contributed by atoms with Gasteiger partial charge in [-0.3, -0.25) is 4.98 Å². The normalized spacial score (nSPS) is 14.5. The van der Waals surface area contributed by atoms with Gasteiger partial charge in [0.25, 0.3) is 0 Å². The predicted octanol–water partition coefficient (Wildman–Crippen LogP) is 4.32. The van der Waals surface area contributed by atoms with Crippen LogP contribution < -0.4 is 11.1 Å². The molecule has 4 aromatic rings. The number of rotatable bonds is 3.